The van der Waals surface area contributed by atoms with E-state index in [4.69, 9.17) is 11.6 Å². The van der Waals surface area contributed by atoms with Gasteiger partial charge < -0.3 is 10.4 Å². The summed E-state index contributed by atoms with van der Waals surface area (Å²) in [6, 6.07) is 13.0. The lowest BCUT2D eigenvalue weighted by atomic mass is 10.1. The van der Waals surface area contributed by atoms with Gasteiger partial charge in [-0.25, -0.2) is 9.97 Å². The number of hydrogen-bond acceptors (Lipinski definition) is 5. The zero-order valence-electron chi connectivity index (χ0n) is 14.2. The van der Waals surface area contributed by atoms with Gasteiger partial charge in [0.15, 0.2) is 5.82 Å². The van der Waals surface area contributed by atoms with Gasteiger partial charge in [0.25, 0.3) is 0 Å². The van der Waals surface area contributed by atoms with Crippen molar-refractivity contribution in [3.63, 3.8) is 0 Å². The predicted molar refractivity (Wildman–Crippen MR) is 102 cm³/mol. The molecule has 1 unspecified atom stereocenters. The molecular weight excluding hydrogens is 348 g/mol. The first-order valence-electron chi connectivity index (χ1n) is 8.70. The average molecular weight is 367 g/mol. The molecule has 5 nitrogen and oxygen atoms in total. The number of nitrogens with one attached hydrogen (secondary N) is 1. The van der Waals surface area contributed by atoms with Crippen LogP contribution in [0, 0.1) is 0 Å². The smallest absolute Gasteiger partial charge is 0.180 e. The Balaban J connectivity index is 1.60. The van der Waals surface area contributed by atoms with Gasteiger partial charge >= 0.3 is 0 Å². The molecule has 132 valence electrons. The Morgan fingerprint density at radius 3 is 2.73 bits per heavy atom. The van der Waals surface area contributed by atoms with Gasteiger partial charge in [-0.3, -0.25) is 4.98 Å². The molecule has 1 atom stereocenters. The van der Waals surface area contributed by atoms with Crippen molar-refractivity contribution in [2.75, 3.05) is 11.9 Å². The van der Waals surface area contributed by atoms with Crippen molar-refractivity contribution in [3.8, 4) is 11.5 Å². The van der Waals surface area contributed by atoms with Crippen LogP contribution in [0.25, 0.3) is 11.5 Å². The topological polar surface area (TPSA) is 70.9 Å². The largest absolute Gasteiger partial charge is 0.387 e. The van der Waals surface area contributed by atoms with Crippen molar-refractivity contribution in [3.05, 3.63) is 70.5 Å². The summed E-state index contributed by atoms with van der Waals surface area (Å²) in [5.41, 5.74) is 3.65. The van der Waals surface area contributed by atoms with E-state index in [-0.39, 0.29) is 0 Å². The van der Waals surface area contributed by atoms with Crippen LogP contribution in [-0.4, -0.2) is 26.6 Å². The molecule has 3 aromatic rings. The number of aromatic nitrogens is 3. The number of pyridine rings is 1. The number of aliphatic hydroxyl groups is 1. The number of nitrogens with zero attached hydrogens (tertiary/aromatic N) is 3. The fourth-order valence-corrected chi connectivity index (χ4v) is 3.50. The molecule has 1 aromatic carbocycles. The minimum absolute atomic E-state index is 0.328. The third-order valence-electron chi connectivity index (χ3n) is 4.55. The van der Waals surface area contributed by atoms with E-state index in [9.17, 15) is 5.11 Å². The number of fused-ring (bicyclic) bond motifs is 1. The highest BCUT2D eigenvalue weighted by Crippen LogP contribution is 2.29. The van der Waals surface area contributed by atoms with Gasteiger partial charge in [0, 0.05) is 34.6 Å². The first-order chi connectivity index (χ1) is 12.7. The molecule has 2 heterocycles. The Labute approximate surface area is 157 Å². The average Bonchev–Trinajstić information content (AvgIpc) is 3.15. The molecule has 0 fully saturated rings. The Kier molecular flexibility index (Phi) is 4.82. The van der Waals surface area contributed by atoms with E-state index < -0.39 is 6.10 Å². The molecule has 1 aliphatic carbocycles. The van der Waals surface area contributed by atoms with Gasteiger partial charge in [-0.1, -0.05) is 35.9 Å². The molecule has 4 rings (SSSR count). The third kappa shape index (κ3) is 3.41. The third-order valence-corrected chi connectivity index (χ3v) is 4.90. The number of aryl methyl sites for hydroxylation is 1. The molecule has 0 spiro atoms. The highest BCUT2D eigenvalue weighted by molar-refractivity contribution is 6.31. The van der Waals surface area contributed by atoms with Gasteiger partial charge in [0.2, 0.25) is 0 Å². The van der Waals surface area contributed by atoms with Crippen LogP contribution in [0.15, 0.2) is 48.7 Å². The SMILES string of the molecule is OC(CNc1nc(-c2ccccn2)nc2c1CCC2)c1ccccc1Cl. The van der Waals surface area contributed by atoms with Crippen molar-refractivity contribution < 1.29 is 5.11 Å². The van der Waals surface area contributed by atoms with Gasteiger partial charge in [0.1, 0.15) is 11.5 Å². The molecular formula is C20H19ClN4O. The Hall–Kier alpha value is -2.50. The van der Waals surface area contributed by atoms with E-state index >= 15 is 0 Å². The molecule has 0 aliphatic heterocycles. The zero-order chi connectivity index (χ0) is 17.9. The summed E-state index contributed by atoms with van der Waals surface area (Å²) in [5.74, 6) is 1.39. The van der Waals surface area contributed by atoms with Crippen LogP contribution < -0.4 is 5.32 Å². The van der Waals surface area contributed by atoms with Gasteiger partial charge in [-0.15, -0.1) is 0 Å². The second-order valence-electron chi connectivity index (χ2n) is 6.31. The van der Waals surface area contributed by atoms with E-state index in [1.807, 2.05) is 36.4 Å². The van der Waals surface area contributed by atoms with Crippen LogP contribution in [0.3, 0.4) is 0 Å². The number of anilines is 1. The Morgan fingerprint density at radius 2 is 1.92 bits per heavy atom. The molecule has 6 heteroatoms. The molecule has 0 bridgehead atoms. The number of rotatable bonds is 5. The van der Waals surface area contributed by atoms with Crippen LogP contribution in [0.1, 0.15) is 29.3 Å². The van der Waals surface area contributed by atoms with Crippen molar-refractivity contribution in [2.24, 2.45) is 0 Å². The number of halogens is 1. The first kappa shape index (κ1) is 16.9. The second-order valence-corrected chi connectivity index (χ2v) is 6.72. The highest BCUT2D eigenvalue weighted by atomic mass is 35.5. The summed E-state index contributed by atoms with van der Waals surface area (Å²) in [6.45, 7) is 0.328. The van der Waals surface area contributed by atoms with E-state index in [2.05, 4.69) is 20.3 Å². The number of aliphatic hydroxyl groups excluding tert-OH is 1. The van der Waals surface area contributed by atoms with E-state index in [0.717, 1.165) is 42.0 Å². The van der Waals surface area contributed by atoms with Gasteiger partial charge in [-0.05, 0) is 37.5 Å². The molecule has 0 radical (unpaired) electrons. The van der Waals surface area contributed by atoms with Crippen LogP contribution in [0.2, 0.25) is 5.02 Å². The summed E-state index contributed by atoms with van der Waals surface area (Å²) in [5, 5.41) is 14.3. The molecule has 1 aliphatic rings. The van der Waals surface area contributed by atoms with Gasteiger partial charge in [-0.2, -0.15) is 0 Å². The standard InChI is InChI=1S/C20H19ClN4O/c21-15-8-2-1-6-13(15)18(26)12-23-19-14-7-5-10-16(14)24-20(25-19)17-9-3-4-11-22-17/h1-4,6,8-9,11,18,26H,5,7,10,12H2,(H,23,24,25). The lowest BCUT2D eigenvalue weighted by Crippen LogP contribution is -2.15. The lowest BCUT2D eigenvalue weighted by Gasteiger charge is -2.16. The number of benzene rings is 1. The van der Waals surface area contributed by atoms with E-state index in [1.165, 1.54) is 0 Å². The normalized spacial score (nSPS) is 14.1. The quantitative estimate of drug-likeness (QED) is 0.718. The minimum atomic E-state index is -0.714. The van der Waals surface area contributed by atoms with Crippen molar-refractivity contribution in [1.82, 2.24) is 15.0 Å². The van der Waals surface area contributed by atoms with Crippen LogP contribution in [0.4, 0.5) is 5.82 Å². The summed E-state index contributed by atoms with van der Waals surface area (Å²) < 4.78 is 0. The molecule has 0 saturated heterocycles. The van der Waals surface area contributed by atoms with Crippen LogP contribution in [0.5, 0.6) is 0 Å². The van der Waals surface area contributed by atoms with Crippen LogP contribution >= 0.6 is 11.6 Å². The van der Waals surface area contributed by atoms with Gasteiger partial charge in [0.05, 0.1) is 6.10 Å². The lowest BCUT2D eigenvalue weighted by molar-refractivity contribution is 0.191. The molecule has 0 saturated carbocycles. The minimum Gasteiger partial charge on any atom is -0.387 e. The maximum absolute atomic E-state index is 10.5. The molecule has 2 aromatic heterocycles. The highest BCUT2D eigenvalue weighted by Gasteiger charge is 2.21. The maximum Gasteiger partial charge on any atom is 0.180 e. The predicted octanol–water partition coefficient (Wildman–Crippen LogP) is 3.83. The molecule has 0 amide bonds. The van der Waals surface area contributed by atoms with Crippen molar-refractivity contribution in [2.45, 2.75) is 25.4 Å². The number of hydrogen-bond donors (Lipinski definition) is 2. The second kappa shape index (κ2) is 7.40. The Morgan fingerprint density at radius 1 is 1.08 bits per heavy atom. The summed E-state index contributed by atoms with van der Waals surface area (Å²) in [6.07, 6.45) is 3.98. The van der Waals surface area contributed by atoms with Crippen LogP contribution in [-0.2, 0) is 12.8 Å². The first-order valence-corrected chi connectivity index (χ1v) is 9.07. The monoisotopic (exact) mass is 366 g/mol. The van der Waals surface area contributed by atoms with E-state index in [0.29, 0.717) is 23.0 Å². The molecule has 2 N–H and O–H groups in total. The Bertz CT molecular complexity index is 917. The summed E-state index contributed by atoms with van der Waals surface area (Å²) in [7, 11) is 0. The maximum atomic E-state index is 10.5. The van der Waals surface area contributed by atoms with Crippen molar-refractivity contribution in [1.29, 1.82) is 0 Å². The molecule has 26 heavy (non-hydrogen) atoms. The van der Waals surface area contributed by atoms with E-state index in [1.54, 1.807) is 12.3 Å². The fraction of sp³-hybridized carbons (Fsp3) is 0.250. The van der Waals surface area contributed by atoms with Crippen molar-refractivity contribution >= 4 is 17.4 Å². The summed E-state index contributed by atoms with van der Waals surface area (Å²) >= 11 is 6.18. The summed E-state index contributed by atoms with van der Waals surface area (Å²) in [4.78, 5) is 13.7. The zero-order valence-corrected chi connectivity index (χ0v) is 14.9. The fourth-order valence-electron chi connectivity index (χ4n) is 3.24.